The lowest BCUT2D eigenvalue weighted by Gasteiger charge is -2.17. The first-order valence-electron chi connectivity index (χ1n) is 6.41. The monoisotopic (exact) mass is 280 g/mol. The maximum Gasteiger partial charge on any atom is 0.239 e. The van der Waals surface area contributed by atoms with Crippen LogP contribution >= 0.6 is 11.8 Å². The molecule has 3 N–H and O–H groups in total. The Labute approximate surface area is 118 Å². The molecule has 1 amide bonds. The lowest BCUT2D eigenvalue weighted by molar-refractivity contribution is -0.123. The highest BCUT2D eigenvalue weighted by molar-refractivity contribution is 8.01. The SMILES string of the molecule is COCC(N)C(=O)NCC1(Sc2ccccc2)CC1. The van der Waals surface area contributed by atoms with Crippen molar-refractivity contribution in [2.45, 2.75) is 28.5 Å². The Bertz CT molecular complexity index is 421. The van der Waals surface area contributed by atoms with Crippen LogP contribution < -0.4 is 11.1 Å². The van der Waals surface area contributed by atoms with E-state index < -0.39 is 6.04 Å². The number of amides is 1. The Morgan fingerprint density at radius 1 is 1.47 bits per heavy atom. The minimum absolute atomic E-state index is 0.137. The summed E-state index contributed by atoms with van der Waals surface area (Å²) in [6.45, 7) is 0.924. The van der Waals surface area contributed by atoms with E-state index in [-0.39, 0.29) is 17.3 Å². The van der Waals surface area contributed by atoms with Gasteiger partial charge in [0.15, 0.2) is 0 Å². The van der Waals surface area contributed by atoms with Crippen LogP contribution in [0.5, 0.6) is 0 Å². The Hall–Kier alpha value is -1.04. The van der Waals surface area contributed by atoms with Crippen molar-refractivity contribution in [3.63, 3.8) is 0 Å². The maximum atomic E-state index is 11.7. The molecule has 1 atom stereocenters. The second-order valence-corrected chi connectivity index (χ2v) is 6.42. The highest BCUT2D eigenvalue weighted by atomic mass is 32.2. The first-order valence-corrected chi connectivity index (χ1v) is 7.23. The van der Waals surface area contributed by atoms with E-state index in [0.717, 1.165) is 12.8 Å². The van der Waals surface area contributed by atoms with E-state index in [9.17, 15) is 4.79 Å². The molecule has 0 aliphatic heterocycles. The summed E-state index contributed by atoms with van der Waals surface area (Å²) in [7, 11) is 1.54. The number of methoxy groups -OCH3 is 1. The maximum absolute atomic E-state index is 11.7. The van der Waals surface area contributed by atoms with E-state index in [1.807, 2.05) is 30.0 Å². The number of nitrogens with two attached hydrogens (primary N) is 1. The minimum Gasteiger partial charge on any atom is -0.383 e. The van der Waals surface area contributed by atoms with Crippen LogP contribution in [-0.2, 0) is 9.53 Å². The summed E-state index contributed by atoms with van der Waals surface area (Å²) >= 11 is 1.84. The van der Waals surface area contributed by atoms with Crippen LogP contribution in [0.15, 0.2) is 35.2 Å². The van der Waals surface area contributed by atoms with Crippen LogP contribution in [0, 0.1) is 0 Å². The molecule has 1 saturated carbocycles. The zero-order valence-electron chi connectivity index (χ0n) is 11.1. The highest BCUT2D eigenvalue weighted by Gasteiger charge is 2.44. The summed E-state index contributed by atoms with van der Waals surface area (Å²) in [5.41, 5.74) is 5.69. The van der Waals surface area contributed by atoms with Crippen LogP contribution in [0.4, 0.5) is 0 Å². The van der Waals surface area contributed by atoms with Gasteiger partial charge in [0.05, 0.1) is 6.61 Å². The number of hydrogen-bond donors (Lipinski definition) is 2. The summed E-state index contributed by atoms with van der Waals surface area (Å²) in [5.74, 6) is -0.137. The molecule has 104 valence electrons. The first-order chi connectivity index (χ1) is 9.15. The van der Waals surface area contributed by atoms with E-state index in [2.05, 4.69) is 17.4 Å². The summed E-state index contributed by atoms with van der Waals surface area (Å²) in [6.07, 6.45) is 2.26. The third-order valence-corrected chi connectivity index (χ3v) is 4.65. The second kappa shape index (κ2) is 6.41. The van der Waals surface area contributed by atoms with Gasteiger partial charge in [-0.1, -0.05) is 18.2 Å². The van der Waals surface area contributed by atoms with Crippen molar-refractivity contribution in [1.82, 2.24) is 5.32 Å². The molecule has 1 fully saturated rings. The van der Waals surface area contributed by atoms with Gasteiger partial charge in [0.1, 0.15) is 6.04 Å². The van der Waals surface area contributed by atoms with Gasteiger partial charge >= 0.3 is 0 Å². The summed E-state index contributed by atoms with van der Waals surface area (Å²) in [5, 5.41) is 2.93. The molecule has 0 aromatic heterocycles. The van der Waals surface area contributed by atoms with E-state index in [1.54, 1.807) is 7.11 Å². The average Bonchev–Trinajstić information content (AvgIpc) is 3.17. The van der Waals surface area contributed by atoms with Crippen LogP contribution in [0.2, 0.25) is 0 Å². The number of carbonyl (C=O) groups is 1. The molecule has 0 saturated heterocycles. The molecule has 1 aliphatic carbocycles. The van der Waals surface area contributed by atoms with Gasteiger partial charge in [0.2, 0.25) is 5.91 Å². The molecule has 4 nitrogen and oxygen atoms in total. The molecule has 1 aromatic carbocycles. The van der Waals surface area contributed by atoms with Gasteiger partial charge < -0.3 is 15.8 Å². The molecule has 0 bridgehead atoms. The number of thioether (sulfide) groups is 1. The van der Waals surface area contributed by atoms with E-state index >= 15 is 0 Å². The molecule has 1 aromatic rings. The van der Waals surface area contributed by atoms with Crippen LogP contribution in [-0.4, -0.2) is 37.0 Å². The predicted molar refractivity (Wildman–Crippen MR) is 77.1 cm³/mol. The fraction of sp³-hybridized carbons (Fsp3) is 0.500. The smallest absolute Gasteiger partial charge is 0.239 e. The fourth-order valence-corrected chi connectivity index (χ4v) is 3.07. The van der Waals surface area contributed by atoms with Gasteiger partial charge in [0, 0.05) is 23.3 Å². The minimum atomic E-state index is -0.581. The lowest BCUT2D eigenvalue weighted by Crippen LogP contribution is -2.45. The largest absolute Gasteiger partial charge is 0.383 e. The lowest BCUT2D eigenvalue weighted by atomic mass is 10.3. The van der Waals surface area contributed by atoms with Crippen molar-refractivity contribution in [2.75, 3.05) is 20.3 Å². The van der Waals surface area contributed by atoms with Crippen molar-refractivity contribution >= 4 is 17.7 Å². The zero-order valence-corrected chi connectivity index (χ0v) is 11.9. The fourth-order valence-electron chi connectivity index (χ4n) is 1.83. The van der Waals surface area contributed by atoms with Crippen LogP contribution in [0.1, 0.15) is 12.8 Å². The molecule has 0 heterocycles. The summed E-state index contributed by atoms with van der Waals surface area (Å²) < 4.78 is 5.03. The predicted octanol–water partition coefficient (Wildman–Crippen LogP) is 1.40. The molecule has 5 heteroatoms. The number of benzene rings is 1. The molecule has 0 spiro atoms. The normalized spacial score (nSPS) is 17.8. The Morgan fingerprint density at radius 2 is 2.16 bits per heavy atom. The van der Waals surface area contributed by atoms with Crippen molar-refractivity contribution in [3.05, 3.63) is 30.3 Å². The number of ether oxygens (including phenoxy) is 1. The van der Waals surface area contributed by atoms with E-state index in [1.165, 1.54) is 4.90 Å². The molecule has 2 rings (SSSR count). The molecular formula is C14H20N2O2S. The van der Waals surface area contributed by atoms with E-state index in [4.69, 9.17) is 10.5 Å². The molecular weight excluding hydrogens is 260 g/mol. The van der Waals surface area contributed by atoms with Crippen molar-refractivity contribution in [2.24, 2.45) is 5.73 Å². The number of hydrogen-bond acceptors (Lipinski definition) is 4. The third-order valence-electron chi connectivity index (χ3n) is 3.15. The van der Waals surface area contributed by atoms with Crippen molar-refractivity contribution in [1.29, 1.82) is 0 Å². The van der Waals surface area contributed by atoms with Gasteiger partial charge in [-0.05, 0) is 25.0 Å². The van der Waals surface area contributed by atoms with Crippen molar-refractivity contribution in [3.8, 4) is 0 Å². The van der Waals surface area contributed by atoms with Gasteiger partial charge in [-0.25, -0.2) is 0 Å². The van der Waals surface area contributed by atoms with Gasteiger partial charge in [-0.3, -0.25) is 4.79 Å². The Kier molecular flexibility index (Phi) is 4.85. The Balaban J connectivity index is 1.81. The van der Waals surface area contributed by atoms with Gasteiger partial charge in [-0.15, -0.1) is 11.8 Å². The topological polar surface area (TPSA) is 64.3 Å². The number of carbonyl (C=O) groups excluding carboxylic acids is 1. The molecule has 1 unspecified atom stereocenters. The van der Waals surface area contributed by atoms with Gasteiger partial charge in [-0.2, -0.15) is 0 Å². The number of nitrogens with one attached hydrogen (secondary N) is 1. The van der Waals surface area contributed by atoms with Crippen molar-refractivity contribution < 1.29 is 9.53 Å². The number of rotatable bonds is 7. The van der Waals surface area contributed by atoms with E-state index in [0.29, 0.717) is 6.54 Å². The standard InChI is InChI=1S/C14H20N2O2S/c1-18-9-12(15)13(17)16-10-14(7-8-14)19-11-5-3-2-4-6-11/h2-6,12H,7-10,15H2,1H3,(H,16,17). The quantitative estimate of drug-likeness (QED) is 0.792. The zero-order chi connectivity index (χ0) is 13.7. The average molecular weight is 280 g/mol. The Morgan fingerprint density at radius 3 is 2.74 bits per heavy atom. The molecule has 0 radical (unpaired) electrons. The molecule has 1 aliphatic rings. The second-order valence-electron chi connectivity index (χ2n) is 4.88. The summed E-state index contributed by atoms with van der Waals surface area (Å²) in [4.78, 5) is 13.0. The highest BCUT2D eigenvalue weighted by Crippen LogP contribution is 2.51. The molecule has 19 heavy (non-hydrogen) atoms. The first kappa shape index (κ1) is 14.4. The third kappa shape index (κ3) is 4.23. The van der Waals surface area contributed by atoms with Gasteiger partial charge in [0.25, 0.3) is 0 Å². The summed E-state index contributed by atoms with van der Waals surface area (Å²) in [6, 6.07) is 9.70. The van der Waals surface area contributed by atoms with Crippen LogP contribution in [0.25, 0.3) is 0 Å². The van der Waals surface area contributed by atoms with Crippen LogP contribution in [0.3, 0.4) is 0 Å².